The Bertz CT molecular complexity index is 1090. The molecular weight excluding hydrogens is 833 g/mol. The van der Waals surface area contributed by atoms with Crippen LogP contribution in [0.3, 0.4) is 0 Å². The van der Waals surface area contributed by atoms with Gasteiger partial charge in [-0.15, -0.1) is 0 Å². The highest BCUT2D eigenvalue weighted by Crippen LogP contribution is 2.23. The lowest BCUT2D eigenvalue weighted by Crippen LogP contribution is -2.46. The standard InChI is InChI=1S/C53H114N14/c1-4-6-34-64(40-32-60-51-17-13-18-51)47-49-66(41-33-61-52-19-14-20-52)48-46-63(37-23-54)35-10-7-11-36-65(39-29-58-31-43-67(42-30-55-5-2)53-21-8-9-22-53)45-44-62(3)38-28-57-25-24-56-26-27-59-50-15-12-16-50/h50-53,55-61H,4-49,54H2,1-3H3. The number of nitrogens with two attached hydrogens (primary N) is 1. The normalized spacial score (nSPS) is 17.6. The van der Waals surface area contributed by atoms with E-state index in [9.17, 15) is 0 Å². The second-order valence-electron chi connectivity index (χ2n) is 21.2. The Labute approximate surface area is 414 Å². The summed E-state index contributed by atoms with van der Waals surface area (Å²) >= 11 is 0. The van der Waals surface area contributed by atoms with Crippen LogP contribution in [0.1, 0.15) is 129 Å². The first-order valence-corrected chi connectivity index (χ1v) is 29.1. The maximum Gasteiger partial charge on any atom is 0.0110 e. The van der Waals surface area contributed by atoms with Crippen LogP contribution >= 0.6 is 0 Å². The molecule has 0 unspecified atom stereocenters. The van der Waals surface area contributed by atoms with Crippen molar-refractivity contribution in [1.29, 1.82) is 0 Å². The van der Waals surface area contributed by atoms with Gasteiger partial charge in [0, 0.05) is 181 Å². The van der Waals surface area contributed by atoms with Gasteiger partial charge in [-0.1, -0.05) is 58.8 Å². The SMILES string of the molecule is CCCCN(CCNC1CCC1)CCN(CCNC1CCC1)CCN(CCN)CCCCCN(CCNCCN(CCNCC)C1CCCC1)CCN(C)CCNCCNCCNC1CCC1. The van der Waals surface area contributed by atoms with Crippen LogP contribution in [-0.2, 0) is 0 Å². The average molecular weight is 948 g/mol. The van der Waals surface area contributed by atoms with Crippen molar-refractivity contribution >= 4 is 0 Å². The number of nitrogens with zero attached hydrogens (tertiary/aromatic N) is 6. The predicted octanol–water partition coefficient (Wildman–Crippen LogP) is 3.10. The van der Waals surface area contributed by atoms with Crippen LogP contribution in [-0.4, -0.2) is 244 Å². The topological polar surface area (TPSA) is 130 Å². The van der Waals surface area contributed by atoms with Crippen LogP contribution < -0.4 is 43.0 Å². The van der Waals surface area contributed by atoms with Gasteiger partial charge in [-0.05, 0) is 104 Å². The molecule has 67 heavy (non-hydrogen) atoms. The molecular formula is C53H114N14. The lowest BCUT2D eigenvalue weighted by Gasteiger charge is -2.32. The van der Waals surface area contributed by atoms with Crippen LogP contribution in [0, 0.1) is 0 Å². The zero-order valence-electron chi connectivity index (χ0n) is 44.6. The van der Waals surface area contributed by atoms with Gasteiger partial charge >= 0.3 is 0 Å². The van der Waals surface area contributed by atoms with Crippen molar-refractivity contribution in [3.63, 3.8) is 0 Å². The van der Waals surface area contributed by atoms with Crippen molar-refractivity contribution < 1.29 is 0 Å². The summed E-state index contributed by atoms with van der Waals surface area (Å²) in [5.74, 6) is 0. The molecule has 0 radical (unpaired) electrons. The number of nitrogens with one attached hydrogen (secondary N) is 7. The van der Waals surface area contributed by atoms with E-state index in [0.717, 1.165) is 168 Å². The van der Waals surface area contributed by atoms with E-state index >= 15 is 0 Å². The number of hydrogen-bond donors (Lipinski definition) is 8. The molecule has 0 aromatic carbocycles. The van der Waals surface area contributed by atoms with Gasteiger partial charge in [-0.25, -0.2) is 0 Å². The molecule has 0 bridgehead atoms. The van der Waals surface area contributed by atoms with E-state index in [-0.39, 0.29) is 0 Å². The molecule has 0 aliphatic heterocycles. The van der Waals surface area contributed by atoms with Crippen LogP contribution in [0.25, 0.3) is 0 Å². The summed E-state index contributed by atoms with van der Waals surface area (Å²) in [4.78, 5) is 16.2. The van der Waals surface area contributed by atoms with Crippen LogP contribution in [0.2, 0.25) is 0 Å². The van der Waals surface area contributed by atoms with Gasteiger partial charge < -0.3 is 62.6 Å². The fourth-order valence-corrected chi connectivity index (χ4v) is 10.2. The summed E-state index contributed by atoms with van der Waals surface area (Å²) in [6.07, 6.45) is 24.4. The molecule has 4 aliphatic carbocycles. The molecule has 4 rings (SSSR count). The van der Waals surface area contributed by atoms with Gasteiger partial charge in [0.2, 0.25) is 0 Å². The Morgan fingerprint density at radius 2 is 0.806 bits per heavy atom. The molecule has 0 aromatic rings. The Balaban J connectivity index is 1.16. The van der Waals surface area contributed by atoms with Crippen molar-refractivity contribution in [1.82, 2.24) is 66.6 Å². The van der Waals surface area contributed by atoms with Gasteiger partial charge in [0.25, 0.3) is 0 Å². The molecule has 9 N–H and O–H groups in total. The number of rotatable bonds is 49. The second-order valence-corrected chi connectivity index (χ2v) is 21.2. The molecule has 4 saturated carbocycles. The summed E-state index contributed by atoms with van der Waals surface area (Å²) in [5, 5.41) is 26.0. The van der Waals surface area contributed by atoms with E-state index in [1.54, 1.807) is 0 Å². The summed E-state index contributed by atoms with van der Waals surface area (Å²) in [6.45, 7) is 35.5. The monoisotopic (exact) mass is 947 g/mol. The van der Waals surface area contributed by atoms with Gasteiger partial charge in [-0.2, -0.15) is 0 Å². The van der Waals surface area contributed by atoms with Crippen LogP contribution in [0.4, 0.5) is 0 Å². The number of likely N-dealkylation sites (N-methyl/N-ethyl adjacent to an activating group) is 2. The third kappa shape index (κ3) is 28.9. The van der Waals surface area contributed by atoms with Gasteiger partial charge in [0.05, 0.1) is 0 Å². The van der Waals surface area contributed by atoms with Gasteiger partial charge in [0.15, 0.2) is 0 Å². The van der Waals surface area contributed by atoms with Gasteiger partial charge in [0.1, 0.15) is 0 Å². The minimum atomic E-state index is 0.745. The fourth-order valence-electron chi connectivity index (χ4n) is 10.2. The zero-order chi connectivity index (χ0) is 47.3. The van der Waals surface area contributed by atoms with Gasteiger partial charge in [-0.3, -0.25) is 9.80 Å². The minimum absolute atomic E-state index is 0.745. The lowest BCUT2D eigenvalue weighted by molar-refractivity contribution is 0.169. The Kier molecular flexibility index (Phi) is 35.2. The highest BCUT2D eigenvalue weighted by molar-refractivity contribution is 4.81. The first kappa shape index (κ1) is 59.0. The Hall–Kier alpha value is -0.560. The van der Waals surface area contributed by atoms with Crippen molar-refractivity contribution in [3.05, 3.63) is 0 Å². The number of hydrogen-bond acceptors (Lipinski definition) is 14. The van der Waals surface area contributed by atoms with E-state index < -0.39 is 0 Å². The first-order chi connectivity index (χ1) is 33.1. The van der Waals surface area contributed by atoms with E-state index in [1.807, 2.05) is 0 Å². The molecule has 14 nitrogen and oxygen atoms in total. The molecule has 396 valence electrons. The van der Waals surface area contributed by atoms with E-state index in [2.05, 4.69) is 87.5 Å². The molecule has 0 aromatic heterocycles. The van der Waals surface area contributed by atoms with Crippen molar-refractivity contribution in [2.45, 2.75) is 154 Å². The lowest BCUT2D eigenvalue weighted by atomic mass is 9.93. The summed E-state index contributed by atoms with van der Waals surface area (Å²) in [6, 6.07) is 3.10. The smallest absolute Gasteiger partial charge is 0.0110 e. The summed E-state index contributed by atoms with van der Waals surface area (Å²) in [5.41, 5.74) is 6.24. The first-order valence-electron chi connectivity index (χ1n) is 29.1. The van der Waals surface area contributed by atoms with Crippen molar-refractivity contribution in [2.24, 2.45) is 5.73 Å². The molecule has 0 spiro atoms. The quantitative estimate of drug-likeness (QED) is 0.0426. The second kappa shape index (κ2) is 40.0. The predicted molar refractivity (Wildman–Crippen MR) is 289 cm³/mol. The largest absolute Gasteiger partial charge is 0.329 e. The third-order valence-corrected chi connectivity index (χ3v) is 15.8. The van der Waals surface area contributed by atoms with Crippen LogP contribution in [0.15, 0.2) is 0 Å². The van der Waals surface area contributed by atoms with E-state index in [1.165, 1.54) is 155 Å². The molecule has 14 heteroatoms. The van der Waals surface area contributed by atoms with Crippen molar-refractivity contribution in [3.8, 4) is 0 Å². The molecule has 0 amide bonds. The fraction of sp³-hybridized carbons (Fsp3) is 1.00. The minimum Gasteiger partial charge on any atom is -0.329 e. The Morgan fingerprint density at radius 3 is 1.34 bits per heavy atom. The third-order valence-electron chi connectivity index (χ3n) is 15.8. The maximum absolute atomic E-state index is 6.24. The molecule has 0 heterocycles. The Morgan fingerprint density at radius 1 is 0.373 bits per heavy atom. The van der Waals surface area contributed by atoms with E-state index in [4.69, 9.17) is 5.73 Å². The molecule has 0 atom stereocenters. The highest BCUT2D eigenvalue weighted by Gasteiger charge is 2.22. The highest BCUT2D eigenvalue weighted by atomic mass is 15.2. The van der Waals surface area contributed by atoms with E-state index in [0.29, 0.717) is 0 Å². The average Bonchev–Trinajstić information content (AvgIpc) is 3.83. The summed E-state index contributed by atoms with van der Waals surface area (Å²) < 4.78 is 0. The maximum atomic E-state index is 6.24. The molecule has 4 aliphatic rings. The molecule has 4 fully saturated rings. The van der Waals surface area contributed by atoms with Crippen LogP contribution in [0.5, 0.6) is 0 Å². The zero-order valence-corrected chi connectivity index (χ0v) is 44.6. The number of unbranched alkanes of at least 4 members (excludes halogenated alkanes) is 3. The van der Waals surface area contributed by atoms with Crippen molar-refractivity contribution in [2.75, 3.05) is 190 Å². The molecule has 0 saturated heterocycles. The summed E-state index contributed by atoms with van der Waals surface area (Å²) in [7, 11) is 2.31.